The number of para-hydroxylation sites is 1. The third-order valence-corrected chi connectivity index (χ3v) is 6.11. The van der Waals surface area contributed by atoms with Crippen LogP contribution in [0, 0.1) is 13.8 Å². The van der Waals surface area contributed by atoms with Gasteiger partial charge in [-0.3, -0.25) is 9.52 Å². The fourth-order valence-electron chi connectivity index (χ4n) is 2.86. The lowest BCUT2D eigenvalue weighted by Gasteiger charge is -2.14. The predicted molar refractivity (Wildman–Crippen MR) is 113 cm³/mol. The summed E-state index contributed by atoms with van der Waals surface area (Å²) in [6.45, 7) is 3.36. The number of benzene rings is 3. The first-order chi connectivity index (χ1) is 14.5. The van der Waals surface area contributed by atoms with E-state index in [0.717, 1.165) is 29.8 Å². The molecular formula is C22H19F3N2O3S. The van der Waals surface area contributed by atoms with Gasteiger partial charge in [0, 0.05) is 11.3 Å². The second kappa shape index (κ2) is 8.43. The molecular weight excluding hydrogens is 429 g/mol. The van der Waals surface area contributed by atoms with Crippen molar-refractivity contribution >= 4 is 27.3 Å². The van der Waals surface area contributed by atoms with Gasteiger partial charge in [-0.1, -0.05) is 24.3 Å². The quantitative estimate of drug-likeness (QED) is 0.551. The molecule has 0 radical (unpaired) electrons. The summed E-state index contributed by atoms with van der Waals surface area (Å²) < 4.78 is 66.3. The van der Waals surface area contributed by atoms with Gasteiger partial charge in [0.1, 0.15) is 0 Å². The summed E-state index contributed by atoms with van der Waals surface area (Å²) in [6, 6.07) is 15.0. The second-order valence-corrected chi connectivity index (χ2v) is 8.58. The third-order valence-electron chi connectivity index (χ3n) is 4.60. The SMILES string of the molecule is Cc1ccccc1NS(=O)(=O)c1cc(C(=O)Nc2ccc(C(F)(F)F)cc2)ccc1C. The van der Waals surface area contributed by atoms with E-state index in [1.807, 2.05) is 0 Å². The van der Waals surface area contributed by atoms with Gasteiger partial charge in [-0.05, 0) is 67.4 Å². The van der Waals surface area contributed by atoms with Gasteiger partial charge in [0.05, 0.1) is 16.1 Å². The number of amides is 1. The van der Waals surface area contributed by atoms with E-state index >= 15 is 0 Å². The number of anilines is 2. The largest absolute Gasteiger partial charge is 0.416 e. The minimum Gasteiger partial charge on any atom is -0.322 e. The van der Waals surface area contributed by atoms with Crippen molar-refractivity contribution in [2.45, 2.75) is 24.9 Å². The van der Waals surface area contributed by atoms with Crippen molar-refractivity contribution in [2.75, 3.05) is 10.0 Å². The van der Waals surface area contributed by atoms with Crippen LogP contribution in [0.1, 0.15) is 27.0 Å². The molecule has 0 unspecified atom stereocenters. The van der Waals surface area contributed by atoms with E-state index in [-0.39, 0.29) is 16.1 Å². The number of carbonyl (C=O) groups is 1. The Morgan fingerprint density at radius 1 is 0.871 bits per heavy atom. The maximum atomic E-state index is 12.9. The van der Waals surface area contributed by atoms with Crippen LogP contribution in [-0.2, 0) is 16.2 Å². The standard InChI is InChI=1S/C22H19F3N2O3S/c1-14-5-3-4-6-19(14)27-31(29,30)20-13-16(8-7-15(20)2)21(28)26-18-11-9-17(10-12-18)22(23,24)25/h3-13,27H,1-2H3,(H,26,28). The van der Waals surface area contributed by atoms with Gasteiger partial charge < -0.3 is 5.32 Å². The molecule has 0 heterocycles. The molecule has 0 saturated heterocycles. The van der Waals surface area contributed by atoms with Gasteiger partial charge in [-0.15, -0.1) is 0 Å². The van der Waals surface area contributed by atoms with E-state index in [0.29, 0.717) is 11.3 Å². The number of hydrogen-bond donors (Lipinski definition) is 2. The molecule has 3 rings (SSSR count). The number of sulfonamides is 1. The van der Waals surface area contributed by atoms with Crippen LogP contribution < -0.4 is 10.0 Å². The molecule has 0 aliphatic carbocycles. The topological polar surface area (TPSA) is 75.3 Å². The van der Waals surface area contributed by atoms with E-state index in [1.165, 1.54) is 18.2 Å². The van der Waals surface area contributed by atoms with Crippen molar-refractivity contribution in [3.05, 3.63) is 89.0 Å². The molecule has 0 aliphatic rings. The minimum absolute atomic E-state index is 0.0515. The lowest BCUT2D eigenvalue weighted by Crippen LogP contribution is -2.17. The first kappa shape index (κ1) is 22.4. The molecule has 0 aliphatic heterocycles. The second-order valence-electron chi connectivity index (χ2n) is 6.93. The Balaban J connectivity index is 1.84. The van der Waals surface area contributed by atoms with Crippen molar-refractivity contribution in [2.24, 2.45) is 0 Å². The van der Waals surface area contributed by atoms with E-state index in [9.17, 15) is 26.4 Å². The van der Waals surface area contributed by atoms with Crippen LogP contribution in [0.25, 0.3) is 0 Å². The number of alkyl halides is 3. The highest BCUT2D eigenvalue weighted by Gasteiger charge is 2.30. The molecule has 0 aromatic heterocycles. The van der Waals surface area contributed by atoms with Crippen molar-refractivity contribution in [3.63, 3.8) is 0 Å². The zero-order valence-electron chi connectivity index (χ0n) is 16.6. The summed E-state index contributed by atoms with van der Waals surface area (Å²) in [7, 11) is -3.97. The predicted octanol–water partition coefficient (Wildman–Crippen LogP) is 5.38. The maximum absolute atomic E-state index is 12.9. The average Bonchev–Trinajstić information content (AvgIpc) is 2.69. The lowest BCUT2D eigenvalue weighted by atomic mass is 10.1. The highest BCUT2D eigenvalue weighted by molar-refractivity contribution is 7.92. The van der Waals surface area contributed by atoms with Crippen LogP contribution in [0.4, 0.5) is 24.5 Å². The molecule has 1 amide bonds. The monoisotopic (exact) mass is 448 g/mol. The van der Waals surface area contributed by atoms with Crippen LogP contribution >= 0.6 is 0 Å². The van der Waals surface area contributed by atoms with Crippen LogP contribution in [0.5, 0.6) is 0 Å². The maximum Gasteiger partial charge on any atom is 0.416 e. The summed E-state index contributed by atoms with van der Waals surface area (Å²) in [6.07, 6.45) is -4.48. The zero-order chi connectivity index (χ0) is 22.8. The zero-order valence-corrected chi connectivity index (χ0v) is 17.4. The lowest BCUT2D eigenvalue weighted by molar-refractivity contribution is -0.137. The van der Waals surface area contributed by atoms with Crippen LogP contribution in [0.3, 0.4) is 0 Å². The molecule has 0 bridgehead atoms. The minimum atomic E-state index is -4.48. The van der Waals surface area contributed by atoms with Crippen molar-refractivity contribution in [3.8, 4) is 0 Å². The third kappa shape index (κ3) is 5.24. The molecule has 31 heavy (non-hydrogen) atoms. The van der Waals surface area contributed by atoms with Crippen molar-refractivity contribution < 1.29 is 26.4 Å². The summed E-state index contributed by atoms with van der Waals surface area (Å²) >= 11 is 0. The molecule has 0 saturated carbocycles. The van der Waals surface area contributed by atoms with Gasteiger partial charge in [0.2, 0.25) is 0 Å². The Kier molecular flexibility index (Phi) is 6.08. The molecule has 0 fully saturated rings. The fourth-order valence-corrected chi connectivity index (χ4v) is 4.27. The molecule has 3 aromatic carbocycles. The van der Waals surface area contributed by atoms with Gasteiger partial charge in [0.25, 0.3) is 15.9 Å². The average molecular weight is 448 g/mol. The molecule has 5 nitrogen and oxygen atoms in total. The number of hydrogen-bond acceptors (Lipinski definition) is 3. The van der Waals surface area contributed by atoms with Gasteiger partial charge in [-0.25, -0.2) is 8.42 Å². The first-order valence-electron chi connectivity index (χ1n) is 9.15. The summed E-state index contributed by atoms with van der Waals surface area (Å²) in [5.41, 5.74) is 0.960. The fraction of sp³-hybridized carbons (Fsp3) is 0.136. The van der Waals surface area contributed by atoms with Gasteiger partial charge in [-0.2, -0.15) is 13.2 Å². The number of nitrogens with one attached hydrogen (secondary N) is 2. The smallest absolute Gasteiger partial charge is 0.322 e. The van der Waals surface area contributed by atoms with Crippen LogP contribution in [-0.4, -0.2) is 14.3 Å². The Morgan fingerprint density at radius 2 is 1.52 bits per heavy atom. The van der Waals surface area contributed by atoms with E-state index < -0.39 is 27.7 Å². The Bertz CT molecular complexity index is 1220. The number of rotatable bonds is 5. The Morgan fingerprint density at radius 3 is 2.13 bits per heavy atom. The van der Waals surface area contributed by atoms with Crippen molar-refractivity contribution in [1.82, 2.24) is 0 Å². The van der Waals surface area contributed by atoms with E-state index in [4.69, 9.17) is 0 Å². The number of halogens is 3. The molecule has 9 heteroatoms. The Labute approximate surface area is 178 Å². The van der Waals surface area contributed by atoms with E-state index in [2.05, 4.69) is 10.0 Å². The number of aryl methyl sites for hydroxylation is 2. The molecule has 2 N–H and O–H groups in total. The number of carbonyl (C=O) groups excluding carboxylic acids is 1. The highest BCUT2D eigenvalue weighted by atomic mass is 32.2. The summed E-state index contributed by atoms with van der Waals surface area (Å²) in [5.74, 6) is -0.646. The first-order valence-corrected chi connectivity index (χ1v) is 10.6. The van der Waals surface area contributed by atoms with Crippen LogP contribution in [0.15, 0.2) is 71.6 Å². The Hall–Kier alpha value is -3.33. The van der Waals surface area contributed by atoms with Crippen molar-refractivity contribution in [1.29, 1.82) is 0 Å². The van der Waals surface area contributed by atoms with Gasteiger partial charge in [0.15, 0.2) is 0 Å². The molecule has 0 spiro atoms. The molecule has 162 valence electrons. The summed E-state index contributed by atoms with van der Waals surface area (Å²) in [4.78, 5) is 12.5. The molecule has 0 atom stereocenters. The summed E-state index contributed by atoms with van der Waals surface area (Å²) in [5, 5.41) is 2.47. The normalized spacial score (nSPS) is 11.8. The van der Waals surface area contributed by atoms with E-state index in [1.54, 1.807) is 38.1 Å². The molecule has 3 aromatic rings. The van der Waals surface area contributed by atoms with Crippen LogP contribution in [0.2, 0.25) is 0 Å². The highest BCUT2D eigenvalue weighted by Crippen LogP contribution is 2.30. The van der Waals surface area contributed by atoms with Gasteiger partial charge >= 0.3 is 6.18 Å².